The van der Waals surface area contributed by atoms with Crippen LogP contribution in [0.4, 0.5) is 13.2 Å². The van der Waals surface area contributed by atoms with Gasteiger partial charge in [0, 0.05) is 6.54 Å². The van der Waals surface area contributed by atoms with E-state index in [2.05, 4.69) is 0 Å². The number of carboxylic acids is 1. The summed E-state index contributed by atoms with van der Waals surface area (Å²) in [7, 11) is 1.34. The van der Waals surface area contributed by atoms with Gasteiger partial charge in [-0.05, 0) is 24.2 Å². The van der Waals surface area contributed by atoms with E-state index in [0.29, 0.717) is 5.56 Å². The third-order valence-electron chi connectivity index (χ3n) is 2.75. The molecule has 0 atom stereocenters. The molecule has 1 rings (SSSR count). The topological polar surface area (TPSA) is 49.8 Å². The molecular formula is C13H16F3NO3. The number of hydrogen-bond acceptors (Lipinski definition) is 3. The van der Waals surface area contributed by atoms with Crippen molar-refractivity contribution in [3.8, 4) is 5.75 Å². The summed E-state index contributed by atoms with van der Waals surface area (Å²) < 4.78 is 42.0. The molecule has 0 bridgehead atoms. The van der Waals surface area contributed by atoms with Crippen LogP contribution < -0.4 is 4.74 Å². The third-order valence-corrected chi connectivity index (χ3v) is 2.75. The minimum Gasteiger partial charge on any atom is -0.496 e. The highest BCUT2D eigenvalue weighted by Gasteiger charge is 2.30. The molecule has 1 aromatic carbocycles. The molecule has 0 amide bonds. The van der Waals surface area contributed by atoms with Crippen LogP contribution in [0.3, 0.4) is 0 Å². The van der Waals surface area contributed by atoms with Crippen LogP contribution in [0.25, 0.3) is 0 Å². The lowest BCUT2D eigenvalue weighted by Gasteiger charge is -2.22. The fourth-order valence-electron chi connectivity index (χ4n) is 1.81. The molecule has 0 fully saturated rings. The van der Waals surface area contributed by atoms with E-state index in [0.717, 1.165) is 0 Å². The number of ether oxygens (including phenoxy) is 1. The van der Waals surface area contributed by atoms with Crippen LogP contribution in [0.15, 0.2) is 18.2 Å². The molecule has 112 valence electrons. The summed E-state index contributed by atoms with van der Waals surface area (Å²) >= 11 is 0. The third kappa shape index (κ3) is 4.73. The average molecular weight is 291 g/mol. The Bertz CT molecular complexity index is 474. The molecule has 0 aromatic heterocycles. The molecule has 1 aromatic rings. The van der Waals surface area contributed by atoms with Crippen molar-refractivity contribution in [1.82, 2.24) is 4.90 Å². The normalized spacial score (nSPS) is 11.7. The summed E-state index contributed by atoms with van der Waals surface area (Å²) in [4.78, 5) is 12.2. The predicted molar refractivity (Wildman–Crippen MR) is 67.0 cm³/mol. The number of aromatic carboxylic acids is 1. The van der Waals surface area contributed by atoms with Gasteiger partial charge < -0.3 is 9.84 Å². The summed E-state index contributed by atoms with van der Waals surface area (Å²) in [5.74, 6) is -0.998. The molecule has 0 spiro atoms. The molecular weight excluding hydrogens is 275 g/mol. The van der Waals surface area contributed by atoms with E-state index in [1.54, 1.807) is 13.0 Å². The van der Waals surface area contributed by atoms with E-state index in [4.69, 9.17) is 9.84 Å². The van der Waals surface area contributed by atoms with Crippen LogP contribution >= 0.6 is 0 Å². The second-order valence-electron chi connectivity index (χ2n) is 4.26. The first-order valence-corrected chi connectivity index (χ1v) is 5.96. The number of carboxylic acid groups (broad SMARTS) is 1. The van der Waals surface area contributed by atoms with Crippen molar-refractivity contribution >= 4 is 5.97 Å². The number of hydrogen-bond donors (Lipinski definition) is 1. The Morgan fingerprint density at radius 2 is 2.05 bits per heavy atom. The molecule has 0 heterocycles. The number of halogens is 3. The van der Waals surface area contributed by atoms with Crippen molar-refractivity contribution in [3.05, 3.63) is 29.3 Å². The maximum atomic E-state index is 12.4. The van der Waals surface area contributed by atoms with Gasteiger partial charge in [0.1, 0.15) is 11.3 Å². The number of alkyl halides is 3. The lowest BCUT2D eigenvalue weighted by atomic mass is 10.1. The molecule has 7 heteroatoms. The predicted octanol–water partition coefficient (Wildman–Crippen LogP) is 2.78. The lowest BCUT2D eigenvalue weighted by Crippen LogP contribution is -2.33. The summed E-state index contributed by atoms with van der Waals surface area (Å²) in [6.45, 7) is 0.833. The number of carbonyl (C=O) groups is 1. The highest BCUT2D eigenvalue weighted by Crippen LogP contribution is 2.22. The zero-order valence-electron chi connectivity index (χ0n) is 11.2. The van der Waals surface area contributed by atoms with Gasteiger partial charge in [0.2, 0.25) is 0 Å². The quantitative estimate of drug-likeness (QED) is 0.875. The lowest BCUT2D eigenvalue weighted by molar-refractivity contribution is -0.146. The maximum absolute atomic E-state index is 12.4. The van der Waals surface area contributed by atoms with Gasteiger partial charge in [0.25, 0.3) is 0 Å². The molecule has 0 radical (unpaired) electrons. The van der Waals surface area contributed by atoms with E-state index < -0.39 is 18.7 Å². The molecule has 0 aliphatic heterocycles. The Labute approximate surface area is 114 Å². The molecule has 0 aliphatic carbocycles. The summed E-state index contributed by atoms with van der Waals surface area (Å²) in [5.41, 5.74) is 0.433. The molecule has 0 saturated heterocycles. The molecule has 0 aliphatic rings. The number of methoxy groups -OCH3 is 1. The van der Waals surface area contributed by atoms with Crippen molar-refractivity contribution < 1.29 is 27.8 Å². The van der Waals surface area contributed by atoms with Crippen LogP contribution in [0.1, 0.15) is 22.8 Å². The maximum Gasteiger partial charge on any atom is 0.401 e. The van der Waals surface area contributed by atoms with Gasteiger partial charge in [0.05, 0.1) is 13.7 Å². The summed E-state index contributed by atoms with van der Waals surface area (Å²) in [6.07, 6.45) is -4.28. The van der Waals surface area contributed by atoms with Crippen molar-refractivity contribution in [3.63, 3.8) is 0 Å². The largest absolute Gasteiger partial charge is 0.496 e. The van der Waals surface area contributed by atoms with Gasteiger partial charge >= 0.3 is 12.1 Å². The highest BCUT2D eigenvalue weighted by molar-refractivity contribution is 5.91. The number of nitrogens with zero attached hydrogens (tertiary/aromatic N) is 1. The van der Waals surface area contributed by atoms with E-state index in [-0.39, 0.29) is 24.4 Å². The Balaban J connectivity index is 2.91. The molecule has 4 nitrogen and oxygen atoms in total. The summed E-state index contributed by atoms with van der Waals surface area (Å²) in [6, 6.07) is 4.34. The zero-order valence-corrected chi connectivity index (χ0v) is 11.2. The average Bonchev–Trinajstić information content (AvgIpc) is 2.36. The SMILES string of the molecule is CCN(Cc1ccc(OC)c(C(=O)O)c1)CC(F)(F)F. The molecule has 0 saturated carbocycles. The first-order chi connectivity index (χ1) is 9.26. The molecule has 0 unspecified atom stereocenters. The van der Waals surface area contributed by atoms with E-state index in [9.17, 15) is 18.0 Å². The van der Waals surface area contributed by atoms with Gasteiger partial charge in [-0.15, -0.1) is 0 Å². The fraction of sp³-hybridized carbons (Fsp3) is 0.462. The summed E-state index contributed by atoms with van der Waals surface area (Å²) in [5, 5.41) is 9.03. The van der Waals surface area contributed by atoms with Gasteiger partial charge in [-0.1, -0.05) is 13.0 Å². The minimum atomic E-state index is -4.28. The van der Waals surface area contributed by atoms with E-state index in [1.165, 1.54) is 24.1 Å². The van der Waals surface area contributed by atoms with Gasteiger partial charge in [-0.3, -0.25) is 4.90 Å². The molecule has 1 N–H and O–H groups in total. The number of rotatable bonds is 6. The van der Waals surface area contributed by atoms with Crippen molar-refractivity contribution in [2.75, 3.05) is 20.2 Å². The van der Waals surface area contributed by atoms with Crippen LogP contribution in [0.5, 0.6) is 5.75 Å². The van der Waals surface area contributed by atoms with E-state index in [1.807, 2.05) is 0 Å². The second kappa shape index (κ2) is 6.60. The number of benzene rings is 1. The Kier molecular flexibility index (Phi) is 5.38. The van der Waals surface area contributed by atoms with E-state index >= 15 is 0 Å². The van der Waals surface area contributed by atoms with Crippen molar-refractivity contribution in [1.29, 1.82) is 0 Å². The Morgan fingerprint density at radius 3 is 2.50 bits per heavy atom. The highest BCUT2D eigenvalue weighted by atomic mass is 19.4. The van der Waals surface area contributed by atoms with Crippen molar-refractivity contribution in [2.45, 2.75) is 19.6 Å². The monoisotopic (exact) mass is 291 g/mol. The standard InChI is InChI=1S/C13H16F3NO3/c1-3-17(8-13(14,15)16)7-9-4-5-11(20-2)10(6-9)12(18)19/h4-6H,3,7-8H2,1-2H3,(H,18,19). The van der Waals surface area contributed by atoms with Crippen LogP contribution in [-0.4, -0.2) is 42.4 Å². The first kappa shape index (κ1) is 16.3. The van der Waals surface area contributed by atoms with Crippen LogP contribution in [0, 0.1) is 0 Å². The minimum absolute atomic E-state index is 0.0281. The van der Waals surface area contributed by atoms with Crippen molar-refractivity contribution in [2.24, 2.45) is 0 Å². The van der Waals surface area contributed by atoms with Gasteiger partial charge in [0.15, 0.2) is 0 Å². The fourth-order valence-corrected chi connectivity index (χ4v) is 1.81. The van der Waals surface area contributed by atoms with Gasteiger partial charge in [-0.2, -0.15) is 13.2 Å². The molecule has 20 heavy (non-hydrogen) atoms. The second-order valence-corrected chi connectivity index (χ2v) is 4.26. The smallest absolute Gasteiger partial charge is 0.401 e. The van der Waals surface area contributed by atoms with Crippen LogP contribution in [0.2, 0.25) is 0 Å². The Morgan fingerprint density at radius 1 is 1.40 bits per heavy atom. The zero-order chi connectivity index (χ0) is 15.3. The first-order valence-electron chi connectivity index (χ1n) is 5.96. The van der Waals surface area contributed by atoms with Gasteiger partial charge in [-0.25, -0.2) is 4.79 Å². The Hall–Kier alpha value is -1.76. The van der Waals surface area contributed by atoms with Crippen LogP contribution in [-0.2, 0) is 6.54 Å².